The molecule has 0 heterocycles. The van der Waals surface area contributed by atoms with Gasteiger partial charge in [-0.3, -0.25) is 9.59 Å². The van der Waals surface area contributed by atoms with E-state index >= 15 is 0 Å². The Labute approximate surface area is 125 Å². The van der Waals surface area contributed by atoms with Crippen LogP contribution in [-0.2, 0) is 11.2 Å². The summed E-state index contributed by atoms with van der Waals surface area (Å²) in [5.74, 6) is -1.42. The molecule has 1 aromatic carbocycles. The number of benzene rings is 1. The van der Waals surface area contributed by atoms with Gasteiger partial charge in [0.05, 0.1) is 12.0 Å². The molecule has 3 N–H and O–H groups in total. The maximum atomic E-state index is 11.9. The lowest BCUT2D eigenvalue weighted by Gasteiger charge is -2.21. The van der Waals surface area contributed by atoms with Crippen molar-refractivity contribution in [2.24, 2.45) is 0 Å². The summed E-state index contributed by atoms with van der Waals surface area (Å²) in [6.07, 6.45) is 2.82. The summed E-state index contributed by atoms with van der Waals surface area (Å²) in [6.45, 7) is 3.41. The predicted molar refractivity (Wildman–Crippen MR) is 80.3 cm³/mol. The number of nitrogens with one attached hydrogen (secondary N) is 1. The number of carbonyl (C=O) groups is 2. The van der Waals surface area contributed by atoms with E-state index in [0.29, 0.717) is 5.56 Å². The third kappa shape index (κ3) is 6.40. The number of carbonyl (C=O) groups excluding carboxylic acids is 1. The first-order valence-corrected chi connectivity index (χ1v) is 7.15. The molecule has 21 heavy (non-hydrogen) atoms. The molecule has 0 radical (unpaired) electrons. The van der Waals surface area contributed by atoms with Crippen LogP contribution in [0.4, 0.5) is 0 Å². The second-order valence-corrected chi connectivity index (χ2v) is 5.55. The van der Waals surface area contributed by atoms with Crippen LogP contribution in [-0.4, -0.2) is 34.2 Å². The fourth-order valence-electron chi connectivity index (χ4n) is 1.96. The number of carboxylic acid groups (broad SMARTS) is 1. The van der Waals surface area contributed by atoms with E-state index in [1.165, 1.54) is 12.5 Å². The first-order chi connectivity index (χ1) is 9.84. The molecule has 1 unspecified atom stereocenters. The van der Waals surface area contributed by atoms with Crippen molar-refractivity contribution in [3.63, 3.8) is 0 Å². The van der Waals surface area contributed by atoms with E-state index in [1.54, 1.807) is 12.1 Å². The Hall–Kier alpha value is -1.88. The van der Waals surface area contributed by atoms with Crippen molar-refractivity contribution in [3.05, 3.63) is 35.4 Å². The van der Waals surface area contributed by atoms with Gasteiger partial charge in [0.2, 0.25) is 0 Å². The minimum Gasteiger partial charge on any atom is -0.481 e. The molecule has 0 bridgehead atoms. The zero-order valence-corrected chi connectivity index (χ0v) is 12.6. The van der Waals surface area contributed by atoms with Gasteiger partial charge < -0.3 is 15.5 Å². The van der Waals surface area contributed by atoms with Gasteiger partial charge in [-0.15, -0.1) is 0 Å². The smallest absolute Gasteiger partial charge is 0.306 e. The predicted octanol–water partition coefficient (Wildman–Crippen LogP) is 1.98. The molecule has 0 aliphatic heterocycles. The van der Waals surface area contributed by atoms with Crippen molar-refractivity contribution in [1.82, 2.24) is 5.32 Å². The first kappa shape index (κ1) is 17.2. The Bertz CT molecular complexity index is 480. The van der Waals surface area contributed by atoms with E-state index in [0.717, 1.165) is 19.3 Å². The van der Waals surface area contributed by atoms with Crippen molar-refractivity contribution in [1.29, 1.82) is 0 Å². The molecule has 5 nitrogen and oxygen atoms in total. The third-order valence-corrected chi connectivity index (χ3v) is 3.20. The number of carboxylic acids is 1. The lowest BCUT2D eigenvalue weighted by molar-refractivity contribution is -0.141. The van der Waals surface area contributed by atoms with Gasteiger partial charge in [0, 0.05) is 12.1 Å². The van der Waals surface area contributed by atoms with Gasteiger partial charge >= 0.3 is 5.97 Å². The maximum Gasteiger partial charge on any atom is 0.306 e. The highest BCUT2D eigenvalue weighted by Gasteiger charge is 2.24. The first-order valence-electron chi connectivity index (χ1n) is 7.15. The van der Waals surface area contributed by atoms with Crippen LogP contribution in [0.3, 0.4) is 0 Å². The van der Waals surface area contributed by atoms with Gasteiger partial charge in [-0.05, 0) is 37.5 Å². The van der Waals surface area contributed by atoms with Crippen molar-refractivity contribution in [3.8, 4) is 0 Å². The second-order valence-electron chi connectivity index (χ2n) is 5.55. The van der Waals surface area contributed by atoms with Crippen LogP contribution in [0.1, 0.15) is 49.0 Å². The van der Waals surface area contributed by atoms with Crippen LogP contribution in [0.5, 0.6) is 0 Å². The number of aliphatic carboxylic acids is 1. The summed E-state index contributed by atoms with van der Waals surface area (Å²) >= 11 is 0. The minimum atomic E-state index is -1.46. The molecule has 1 atom stereocenters. The molecular formula is C16H23NO4. The molecule has 0 saturated carbocycles. The standard InChI is InChI=1S/C16H23NO4/c1-3-4-5-12-6-8-13(9-7-12)15(20)17-11-16(2,21)10-14(18)19/h6-9,21H,3-5,10-11H2,1-2H3,(H,17,20)(H,18,19). The van der Waals surface area contributed by atoms with Crippen LogP contribution >= 0.6 is 0 Å². The molecule has 0 aromatic heterocycles. The van der Waals surface area contributed by atoms with Crippen molar-refractivity contribution < 1.29 is 19.8 Å². The quantitative estimate of drug-likeness (QED) is 0.684. The maximum absolute atomic E-state index is 11.9. The number of hydrogen-bond acceptors (Lipinski definition) is 3. The number of aryl methyl sites for hydroxylation is 1. The second kappa shape index (κ2) is 7.78. The molecular weight excluding hydrogens is 270 g/mol. The van der Waals surface area contributed by atoms with Crippen molar-refractivity contribution >= 4 is 11.9 Å². The van der Waals surface area contributed by atoms with E-state index in [1.807, 2.05) is 12.1 Å². The number of hydrogen-bond donors (Lipinski definition) is 3. The fraction of sp³-hybridized carbons (Fsp3) is 0.500. The van der Waals surface area contributed by atoms with E-state index in [4.69, 9.17) is 5.11 Å². The summed E-state index contributed by atoms with van der Waals surface area (Å²) in [4.78, 5) is 22.5. The van der Waals surface area contributed by atoms with E-state index < -0.39 is 18.0 Å². The van der Waals surface area contributed by atoms with E-state index in [2.05, 4.69) is 12.2 Å². The van der Waals surface area contributed by atoms with E-state index in [-0.39, 0.29) is 12.5 Å². The SMILES string of the molecule is CCCCc1ccc(C(=O)NCC(C)(O)CC(=O)O)cc1. The summed E-state index contributed by atoms with van der Waals surface area (Å²) in [5.41, 5.74) is 0.232. The van der Waals surface area contributed by atoms with Crippen LogP contribution in [0.25, 0.3) is 0 Å². The van der Waals surface area contributed by atoms with Gasteiger partial charge in [-0.25, -0.2) is 0 Å². The Kier molecular flexibility index (Phi) is 6.37. The molecule has 1 amide bonds. The third-order valence-electron chi connectivity index (χ3n) is 3.20. The van der Waals surface area contributed by atoms with Gasteiger partial charge in [0.15, 0.2) is 0 Å². The lowest BCUT2D eigenvalue weighted by atomic mass is 10.0. The van der Waals surface area contributed by atoms with Gasteiger partial charge in [0.1, 0.15) is 0 Å². The molecule has 0 aliphatic rings. The summed E-state index contributed by atoms with van der Waals surface area (Å²) in [6, 6.07) is 7.32. The summed E-state index contributed by atoms with van der Waals surface area (Å²) < 4.78 is 0. The van der Waals surface area contributed by atoms with E-state index in [9.17, 15) is 14.7 Å². The van der Waals surface area contributed by atoms with Gasteiger partial charge in [-0.2, -0.15) is 0 Å². The summed E-state index contributed by atoms with van der Waals surface area (Å²) in [5, 5.41) is 21.0. The molecule has 1 aromatic rings. The molecule has 0 saturated heterocycles. The number of rotatable bonds is 8. The number of amides is 1. The normalized spacial score (nSPS) is 13.5. The zero-order chi connectivity index (χ0) is 15.9. The van der Waals surface area contributed by atoms with Crippen LogP contribution in [0, 0.1) is 0 Å². The highest BCUT2D eigenvalue weighted by atomic mass is 16.4. The molecule has 0 aliphatic carbocycles. The lowest BCUT2D eigenvalue weighted by Crippen LogP contribution is -2.42. The Morgan fingerprint density at radius 3 is 2.38 bits per heavy atom. The van der Waals surface area contributed by atoms with Crippen molar-refractivity contribution in [2.75, 3.05) is 6.54 Å². The Morgan fingerprint density at radius 1 is 1.24 bits per heavy atom. The fourth-order valence-corrected chi connectivity index (χ4v) is 1.96. The summed E-state index contributed by atoms with van der Waals surface area (Å²) in [7, 11) is 0. The average molecular weight is 293 g/mol. The molecule has 1 rings (SSSR count). The van der Waals surface area contributed by atoms with Crippen LogP contribution in [0.2, 0.25) is 0 Å². The molecule has 0 spiro atoms. The Balaban J connectivity index is 2.53. The molecule has 0 fully saturated rings. The highest BCUT2D eigenvalue weighted by molar-refractivity contribution is 5.94. The van der Waals surface area contributed by atoms with Crippen LogP contribution < -0.4 is 5.32 Å². The highest BCUT2D eigenvalue weighted by Crippen LogP contribution is 2.10. The monoisotopic (exact) mass is 293 g/mol. The molecule has 116 valence electrons. The number of unbranched alkanes of at least 4 members (excludes halogenated alkanes) is 1. The van der Waals surface area contributed by atoms with Crippen LogP contribution in [0.15, 0.2) is 24.3 Å². The zero-order valence-electron chi connectivity index (χ0n) is 12.6. The largest absolute Gasteiger partial charge is 0.481 e. The topological polar surface area (TPSA) is 86.6 Å². The van der Waals surface area contributed by atoms with Gasteiger partial charge in [-0.1, -0.05) is 25.5 Å². The Morgan fingerprint density at radius 2 is 1.86 bits per heavy atom. The number of aliphatic hydroxyl groups is 1. The average Bonchev–Trinajstić information content (AvgIpc) is 2.42. The van der Waals surface area contributed by atoms with Gasteiger partial charge in [0.25, 0.3) is 5.91 Å². The minimum absolute atomic E-state index is 0.101. The van der Waals surface area contributed by atoms with Crippen molar-refractivity contribution in [2.45, 2.75) is 45.1 Å². The molecule has 5 heteroatoms.